The number of nitrogens with one attached hydrogen (secondary N) is 1. The molecule has 2 heterocycles. The summed E-state index contributed by atoms with van der Waals surface area (Å²) in [6.07, 6.45) is 2.72. The highest BCUT2D eigenvalue weighted by molar-refractivity contribution is 7.98. The zero-order valence-electron chi connectivity index (χ0n) is 8.93. The van der Waals surface area contributed by atoms with Crippen LogP contribution in [0.25, 0.3) is 11.5 Å². The zero-order valence-corrected chi connectivity index (χ0v) is 9.75. The summed E-state index contributed by atoms with van der Waals surface area (Å²) in [4.78, 5) is 4.25. The molecule has 2 rings (SSSR count). The molecule has 0 fully saturated rings. The van der Waals surface area contributed by atoms with Crippen molar-refractivity contribution in [3.05, 3.63) is 12.0 Å². The van der Waals surface area contributed by atoms with E-state index >= 15 is 0 Å². The van der Waals surface area contributed by atoms with Gasteiger partial charge in [-0.05, 0) is 12.2 Å². The number of anilines is 1. The molecule has 0 aromatic carbocycles. The van der Waals surface area contributed by atoms with E-state index < -0.39 is 0 Å². The summed E-state index contributed by atoms with van der Waals surface area (Å²) in [5.41, 5.74) is 6.30. The number of hydrogen-bond donors (Lipinski definition) is 2. The van der Waals surface area contributed by atoms with E-state index in [0.29, 0.717) is 23.1 Å². The number of H-pyrrole nitrogens is 1. The van der Waals surface area contributed by atoms with Gasteiger partial charge in [0, 0.05) is 0 Å². The number of thioether (sulfide) groups is 1. The lowest BCUT2D eigenvalue weighted by molar-refractivity contribution is 0.425. The van der Waals surface area contributed by atoms with Crippen LogP contribution in [0, 0.1) is 0 Å². The molecule has 0 aliphatic carbocycles. The van der Waals surface area contributed by atoms with Crippen LogP contribution >= 0.6 is 11.8 Å². The third-order valence-electron chi connectivity index (χ3n) is 1.95. The Morgan fingerprint density at radius 1 is 1.56 bits per heavy atom. The number of nitrogen functional groups attached to an aromatic ring is 1. The topological polar surface area (TPSA) is 93.6 Å². The fraction of sp³-hybridized carbons (Fsp3) is 0.444. The van der Waals surface area contributed by atoms with Crippen molar-refractivity contribution < 1.29 is 4.52 Å². The molecule has 0 saturated carbocycles. The summed E-state index contributed by atoms with van der Waals surface area (Å²) in [6.45, 7) is 2.14. The minimum Gasteiger partial charge on any atom is -0.383 e. The number of hydrogen-bond acceptors (Lipinski definition) is 6. The first-order valence-electron chi connectivity index (χ1n) is 5.00. The van der Waals surface area contributed by atoms with Crippen LogP contribution in [0.15, 0.2) is 10.7 Å². The van der Waals surface area contributed by atoms with Crippen LogP contribution in [0.3, 0.4) is 0 Å². The summed E-state index contributed by atoms with van der Waals surface area (Å²) < 4.78 is 5.11. The number of nitrogens with two attached hydrogens (primary N) is 1. The molecule has 86 valence electrons. The van der Waals surface area contributed by atoms with E-state index in [1.165, 1.54) is 0 Å². The second kappa shape index (κ2) is 5.02. The predicted molar refractivity (Wildman–Crippen MR) is 62.7 cm³/mol. The smallest absolute Gasteiger partial charge is 0.263 e. The monoisotopic (exact) mass is 239 g/mol. The summed E-state index contributed by atoms with van der Waals surface area (Å²) in [7, 11) is 0. The van der Waals surface area contributed by atoms with Crippen molar-refractivity contribution in [3.63, 3.8) is 0 Å². The molecule has 6 nitrogen and oxygen atoms in total. The Morgan fingerprint density at radius 2 is 2.44 bits per heavy atom. The van der Waals surface area contributed by atoms with E-state index in [0.717, 1.165) is 17.9 Å². The van der Waals surface area contributed by atoms with E-state index in [1.54, 1.807) is 18.0 Å². The molecular formula is C9H13N5OS. The molecule has 0 radical (unpaired) electrons. The lowest BCUT2D eigenvalue weighted by Gasteiger charge is -1.92. The van der Waals surface area contributed by atoms with Crippen LogP contribution in [-0.4, -0.2) is 26.1 Å². The summed E-state index contributed by atoms with van der Waals surface area (Å²) in [5.74, 6) is 3.40. The van der Waals surface area contributed by atoms with Crippen molar-refractivity contribution in [2.24, 2.45) is 0 Å². The average Bonchev–Trinajstić information content (AvgIpc) is 2.87. The third kappa shape index (κ3) is 2.35. The predicted octanol–water partition coefficient (Wildman–Crippen LogP) is 1.69. The maximum absolute atomic E-state index is 5.65. The Morgan fingerprint density at radius 3 is 3.12 bits per heavy atom. The third-order valence-corrected chi connectivity index (χ3v) is 3.11. The van der Waals surface area contributed by atoms with Gasteiger partial charge in [-0.15, -0.1) is 0 Å². The maximum Gasteiger partial charge on any atom is 0.263 e. The van der Waals surface area contributed by atoms with E-state index in [4.69, 9.17) is 10.3 Å². The number of rotatable bonds is 5. The minimum atomic E-state index is 0.415. The van der Waals surface area contributed by atoms with Crippen LogP contribution in [0.5, 0.6) is 0 Å². The lowest BCUT2D eigenvalue weighted by atomic mass is 10.3. The normalized spacial score (nSPS) is 10.8. The minimum absolute atomic E-state index is 0.415. The molecule has 0 bridgehead atoms. The summed E-state index contributed by atoms with van der Waals surface area (Å²) in [6, 6.07) is 0. The molecule has 2 aromatic heterocycles. The van der Waals surface area contributed by atoms with Gasteiger partial charge in [-0.25, -0.2) is 0 Å². The molecular weight excluding hydrogens is 226 g/mol. The first-order valence-corrected chi connectivity index (χ1v) is 6.16. The molecule has 0 spiro atoms. The van der Waals surface area contributed by atoms with Gasteiger partial charge in [0.05, 0.1) is 11.9 Å². The van der Waals surface area contributed by atoms with E-state index in [1.807, 2.05) is 0 Å². The Bertz CT molecular complexity index is 452. The van der Waals surface area contributed by atoms with Gasteiger partial charge in [0.2, 0.25) is 0 Å². The van der Waals surface area contributed by atoms with E-state index in [-0.39, 0.29) is 0 Å². The molecule has 3 N–H and O–H groups in total. The number of nitrogens with zero attached hydrogens (tertiary/aromatic N) is 3. The molecule has 0 atom stereocenters. The van der Waals surface area contributed by atoms with Gasteiger partial charge in [0.15, 0.2) is 5.82 Å². The van der Waals surface area contributed by atoms with Crippen LogP contribution in [0.4, 0.5) is 5.82 Å². The Labute approximate surface area is 97.0 Å². The quantitative estimate of drug-likeness (QED) is 0.771. The van der Waals surface area contributed by atoms with E-state index in [9.17, 15) is 0 Å². The second-order valence-corrected chi connectivity index (χ2v) is 4.37. The standard InChI is InChI=1S/C9H13N5OS/c1-2-3-16-5-7-12-9(15-14-7)6-4-11-13-8(6)10/h4H,2-3,5H2,1H3,(H3,10,11,13). The second-order valence-electron chi connectivity index (χ2n) is 3.27. The van der Waals surface area contributed by atoms with Crippen molar-refractivity contribution in [1.29, 1.82) is 0 Å². The van der Waals surface area contributed by atoms with Crippen molar-refractivity contribution >= 4 is 17.6 Å². The maximum atomic E-state index is 5.65. The molecule has 0 aliphatic rings. The van der Waals surface area contributed by atoms with Crippen molar-refractivity contribution in [2.75, 3.05) is 11.5 Å². The highest BCUT2D eigenvalue weighted by Gasteiger charge is 2.12. The number of aromatic amines is 1. The van der Waals surface area contributed by atoms with Gasteiger partial charge in [0.25, 0.3) is 5.89 Å². The molecule has 2 aromatic rings. The molecule has 0 unspecified atom stereocenters. The van der Waals surface area contributed by atoms with Gasteiger partial charge in [-0.3, -0.25) is 5.10 Å². The van der Waals surface area contributed by atoms with Crippen molar-refractivity contribution in [2.45, 2.75) is 19.1 Å². The van der Waals surface area contributed by atoms with Crippen LogP contribution in [0.1, 0.15) is 19.2 Å². The molecule has 0 amide bonds. The fourth-order valence-corrected chi connectivity index (χ4v) is 1.93. The SMILES string of the molecule is CCCSCc1noc(-c2cn[nH]c2N)n1. The largest absolute Gasteiger partial charge is 0.383 e. The highest BCUT2D eigenvalue weighted by Crippen LogP contribution is 2.22. The number of aromatic nitrogens is 4. The lowest BCUT2D eigenvalue weighted by Crippen LogP contribution is -1.88. The molecule has 0 aliphatic heterocycles. The van der Waals surface area contributed by atoms with Gasteiger partial charge in [-0.2, -0.15) is 21.8 Å². The van der Waals surface area contributed by atoms with Crippen molar-refractivity contribution in [3.8, 4) is 11.5 Å². The van der Waals surface area contributed by atoms with Crippen LogP contribution < -0.4 is 5.73 Å². The first kappa shape index (κ1) is 11.0. The molecule has 7 heteroatoms. The van der Waals surface area contributed by atoms with E-state index in [2.05, 4.69) is 27.3 Å². The van der Waals surface area contributed by atoms with Crippen molar-refractivity contribution in [1.82, 2.24) is 20.3 Å². The van der Waals surface area contributed by atoms with Gasteiger partial charge in [-0.1, -0.05) is 12.1 Å². The highest BCUT2D eigenvalue weighted by atomic mass is 32.2. The Kier molecular flexibility index (Phi) is 3.45. The summed E-state index contributed by atoms with van der Waals surface area (Å²) in [5, 5.41) is 10.3. The van der Waals surface area contributed by atoms with Crippen LogP contribution in [0.2, 0.25) is 0 Å². The van der Waals surface area contributed by atoms with Gasteiger partial charge < -0.3 is 10.3 Å². The Balaban J connectivity index is 2.05. The zero-order chi connectivity index (χ0) is 11.4. The Hall–Kier alpha value is -1.50. The molecule has 0 saturated heterocycles. The molecule has 16 heavy (non-hydrogen) atoms. The fourth-order valence-electron chi connectivity index (χ4n) is 1.20. The van der Waals surface area contributed by atoms with Crippen LogP contribution in [-0.2, 0) is 5.75 Å². The van der Waals surface area contributed by atoms with Gasteiger partial charge >= 0.3 is 0 Å². The first-order chi connectivity index (χ1) is 7.81. The summed E-state index contributed by atoms with van der Waals surface area (Å²) >= 11 is 1.78. The van der Waals surface area contributed by atoms with Gasteiger partial charge in [0.1, 0.15) is 11.4 Å². The average molecular weight is 239 g/mol.